The van der Waals surface area contributed by atoms with E-state index in [9.17, 15) is 0 Å². The van der Waals surface area contributed by atoms with Gasteiger partial charge in [-0.05, 0) is 76.4 Å². The zero-order chi connectivity index (χ0) is 21.2. The summed E-state index contributed by atoms with van der Waals surface area (Å²) in [6, 6.07) is 10.6. The predicted molar refractivity (Wildman–Crippen MR) is 123 cm³/mol. The van der Waals surface area contributed by atoms with Crippen LogP contribution in [-0.4, -0.2) is 49.3 Å². The van der Waals surface area contributed by atoms with Crippen molar-refractivity contribution in [2.45, 2.75) is 45.1 Å². The van der Waals surface area contributed by atoms with Crippen molar-refractivity contribution in [3.8, 4) is 23.0 Å². The number of fused-ring (bicyclic) bond motifs is 1. The number of anilines is 1. The summed E-state index contributed by atoms with van der Waals surface area (Å²) in [4.78, 5) is 7.41. The summed E-state index contributed by atoms with van der Waals surface area (Å²) in [6.45, 7) is 6.14. The number of nitrogens with one attached hydrogen (secondary N) is 1. The summed E-state index contributed by atoms with van der Waals surface area (Å²) < 4.78 is 17.7. The molecule has 6 nitrogen and oxygen atoms in total. The van der Waals surface area contributed by atoms with E-state index in [1.54, 1.807) is 7.11 Å². The third kappa shape index (κ3) is 4.64. The van der Waals surface area contributed by atoms with Crippen LogP contribution in [0.1, 0.15) is 37.9 Å². The highest BCUT2D eigenvalue weighted by atomic mass is 16.5. The highest BCUT2D eigenvalue weighted by Gasteiger charge is 2.23. The van der Waals surface area contributed by atoms with Gasteiger partial charge in [0.1, 0.15) is 11.5 Å². The molecule has 164 valence electrons. The Kier molecular flexibility index (Phi) is 5.72. The topological polar surface area (TPSA) is 59.8 Å². The number of methoxy groups -OCH3 is 1. The average molecular weight is 422 g/mol. The second-order valence-electron chi connectivity index (χ2n) is 8.65. The molecule has 1 aliphatic carbocycles. The van der Waals surface area contributed by atoms with Crippen molar-refractivity contribution in [2.75, 3.05) is 38.7 Å². The van der Waals surface area contributed by atoms with Gasteiger partial charge in [0, 0.05) is 29.7 Å². The highest BCUT2D eigenvalue weighted by Crippen LogP contribution is 2.38. The monoisotopic (exact) mass is 421 g/mol. The largest absolute Gasteiger partial charge is 0.493 e. The third-order valence-electron chi connectivity index (χ3n) is 6.10. The Morgan fingerprint density at radius 3 is 2.68 bits per heavy atom. The number of ether oxygens (including phenoxy) is 2. The first-order valence-electron chi connectivity index (χ1n) is 11.4. The van der Waals surface area contributed by atoms with Crippen LogP contribution in [0.5, 0.6) is 11.5 Å². The van der Waals surface area contributed by atoms with Crippen molar-refractivity contribution in [3.63, 3.8) is 0 Å². The van der Waals surface area contributed by atoms with Gasteiger partial charge >= 0.3 is 0 Å². The van der Waals surface area contributed by atoms with Gasteiger partial charge in [0.25, 0.3) is 0 Å². The molecule has 0 unspecified atom stereocenters. The molecule has 6 heteroatoms. The zero-order valence-corrected chi connectivity index (χ0v) is 18.4. The van der Waals surface area contributed by atoms with E-state index >= 15 is 0 Å². The lowest BCUT2D eigenvalue weighted by Crippen LogP contribution is -2.21. The molecule has 5 rings (SSSR count). The van der Waals surface area contributed by atoms with Gasteiger partial charge in [0.2, 0.25) is 0 Å². The minimum atomic E-state index is 0.532. The highest BCUT2D eigenvalue weighted by molar-refractivity contribution is 5.95. The maximum absolute atomic E-state index is 6.14. The van der Waals surface area contributed by atoms with E-state index in [0.29, 0.717) is 12.6 Å². The van der Waals surface area contributed by atoms with Crippen molar-refractivity contribution >= 4 is 16.6 Å². The van der Waals surface area contributed by atoms with E-state index < -0.39 is 0 Å². The zero-order valence-electron chi connectivity index (χ0n) is 18.4. The van der Waals surface area contributed by atoms with Crippen molar-refractivity contribution in [1.82, 2.24) is 9.88 Å². The lowest BCUT2D eigenvalue weighted by Gasteiger charge is -2.17. The minimum absolute atomic E-state index is 0.532. The maximum Gasteiger partial charge on any atom is 0.163 e. The molecule has 1 aliphatic heterocycles. The van der Waals surface area contributed by atoms with Crippen molar-refractivity contribution in [3.05, 3.63) is 36.1 Å². The quantitative estimate of drug-likeness (QED) is 0.476. The van der Waals surface area contributed by atoms with Crippen LogP contribution >= 0.6 is 0 Å². The fourth-order valence-electron chi connectivity index (χ4n) is 4.25. The van der Waals surface area contributed by atoms with Crippen LogP contribution in [-0.2, 0) is 0 Å². The van der Waals surface area contributed by atoms with Crippen molar-refractivity contribution < 1.29 is 13.9 Å². The predicted octanol–water partition coefficient (Wildman–Crippen LogP) is 5.25. The van der Waals surface area contributed by atoms with Gasteiger partial charge in [-0.1, -0.05) is 0 Å². The number of rotatable bonds is 9. The number of nitrogens with zero attached hydrogens (tertiary/aromatic N) is 2. The first-order valence-corrected chi connectivity index (χ1v) is 11.4. The smallest absolute Gasteiger partial charge is 0.163 e. The van der Waals surface area contributed by atoms with Crippen molar-refractivity contribution in [2.24, 2.45) is 0 Å². The number of pyridine rings is 1. The SMILES string of the molecule is COc1cc2c(NC3CC3)cc(-c3ccc(C)o3)nc2cc1OCCCN1CCCC1. The Balaban J connectivity index is 1.43. The minimum Gasteiger partial charge on any atom is -0.493 e. The number of aryl methyl sites for hydroxylation is 1. The summed E-state index contributed by atoms with van der Waals surface area (Å²) in [5.41, 5.74) is 2.77. The van der Waals surface area contributed by atoms with Crippen LogP contribution in [0, 0.1) is 6.92 Å². The van der Waals surface area contributed by atoms with Crippen LogP contribution in [0.25, 0.3) is 22.4 Å². The first kappa shape index (κ1) is 20.2. The van der Waals surface area contributed by atoms with E-state index in [2.05, 4.69) is 16.3 Å². The standard InChI is InChI=1S/C25H31N3O3/c1-17-6-9-23(31-17)22-15-20(26-18-7-8-18)19-14-24(29-2)25(16-21(19)27-22)30-13-5-12-28-10-3-4-11-28/h6,9,14-16,18H,3-5,7-8,10-13H2,1-2H3,(H,26,27). The summed E-state index contributed by atoms with van der Waals surface area (Å²) in [5, 5.41) is 4.69. The van der Waals surface area contributed by atoms with Crippen LogP contribution in [0.4, 0.5) is 5.69 Å². The number of hydrogen-bond donors (Lipinski definition) is 1. The number of hydrogen-bond acceptors (Lipinski definition) is 6. The van der Waals surface area contributed by atoms with Gasteiger partial charge in [0.15, 0.2) is 17.3 Å². The summed E-state index contributed by atoms with van der Waals surface area (Å²) in [7, 11) is 1.69. The Bertz CT molecular complexity index is 1050. The molecule has 1 saturated carbocycles. The van der Waals surface area contributed by atoms with Crippen LogP contribution in [0.3, 0.4) is 0 Å². The molecule has 1 aromatic carbocycles. The molecule has 3 heterocycles. The number of likely N-dealkylation sites (tertiary alicyclic amines) is 1. The summed E-state index contributed by atoms with van der Waals surface area (Å²) in [5.74, 6) is 3.15. The van der Waals surface area contributed by atoms with E-state index in [4.69, 9.17) is 18.9 Å². The molecule has 1 N–H and O–H groups in total. The Labute approximate surface area is 183 Å². The molecule has 2 fully saturated rings. The molecule has 0 amide bonds. The first-order chi connectivity index (χ1) is 15.2. The van der Waals surface area contributed by atoms with E-state index in [1.807, 2.05) is 31.2 Å². The van der Waals surface area contributed by atoms with Crippen LogP contribution < -0.4 is 14.8 Å². The summed E-state index contributed by atoms with van der Waals surface area (Å²) in [6.07, 6.45) is 6.05. The number of aromatic nitrogens is 1. The fourth-order valence-corrected chi connectivity index (χ4v) is 4.25. The Morgan fingerprint density at radius 1 is 1.13 bits per heavy atom. The van der Waals surface area contributed by atoms with Gasteiger partial charge in [-0.25, -0.2) is 4.98 Å². The van der Waals surface area contributed by atoms with Gasteiger partial charge in [0.05, 0.1) is 19.2 Å². The van der Waals surface area contributed by atoms with E-state index in [-0.39, 0.29) is 0 Å². The molecule has 2 aromatic heterocycles. The Hall–Kier alpha value is -2.73. The Morgan fingerprint density at radius 2 is 1.97 bits per heavy atom. The molecule has 2 aliphatic rings. The maximum atomic E-state index is 6.14. The van der Waals surface area contributed by atoms with E-state index in [1.165, 1.54) is 38.8 Å². The molecular formula is C25H31N3O3. The van der Waals surface area contributed by atoms with Crippen LogP contribution in [0.2, 0.25) is 0 Å². The number of benzene rings is 1. The molecular weight excluding hydrogens is 390 g/mol. The molecule has 31 heavy (non-hydrogen) atoms. The molecule has 1 saturated heterocycles. The number of furan rings is 1. The molecule has 0 spiro atoms. The normalized spacial score (nSPS) is 16.7. The van der Waals surface area contributed by atoms with Gasteiger partial charge < -0.3 is 24.1 Å². The molecule has 3 aromatic rings. The van der Waals surface area contributed by atoms with Gasteiger partial charge in [-0.2, -0.15) is 0 Å². The average Bonchev–Trinajstić information content (AvgIpc) is 3.23. The third-order valence-corrected chi connectivity index (χ3v) is 6.10. The second kappa shape index (κ2) is 8.79. The van der Waals surface area contributed by atoms with Crippen LogP contribution in [0.15, 0.2) is 34.7 Å². The second-order valence-corrected chi connectivity index (χ2v) is 8.65. The molecule has 0 bridgehead atoms. The lowest BCUT2D eigenvalue weighted by molar-refractivity contribution is 0.254. The summed E-state index contributed by atoms with van der Waals surface area (Å²) >= 11 is 0. The molecule has 0 radical (unpaired) electrons. The van der Waals surface area contributed by atoms with Crippen molar-refractivity contribution in [1.29, 1.82) is 0 Å². The van der Waals surface area contributed by atoms with Gasteiger partial charge in [-0.15, -0.1) is 0 Å². The molecule has 0 atom stereocenters. The fraction of sp³-hybridized carbons (Fsp3) is 0.480. The van der Waals surface area contributed by atoms with Gasteiger partial charge in [-0.3, -0.25) is 0 Å². The van der Waals surface area contributed by atoms with E-state index in [0.717, 1.165) is 58.3 Å². The lowest BCUT2D eigenvalue weighted by atomic mass is 10.1.